The van der Waals surface area contributed by atoms with Gasteiger partial charge in [-0.3, -0.25) is 9.97 Å². The molecular weight excluding hydrogens is 426 g/mol. The Balaban J connectivity index is 1.60. The van der Waals surface area contributed by atoms with Crippen LogP contribution in [-0.4, -0.2) is 32.6 Å². The third-order valence-electron chi connectivity index (χ3n) is 6.84. The summed E-state index contributed by atoms with van der Waals surface area (Å²) in [7, 11) is 2.16. The smallest absolute Gasteiger partial charge is 0.170 e. The predicted molar refractivity (Wildman–Crippen MR) is 138 cm³/mol. The third kappa shape index (κ3) is 3.89. The van der Waals surface area contributed by atoms with Crippen LogP contribution in [0.25, 0.3) is 5.57 Å². The van der Waals surface area contributed by atoms with Gasteiger partial charge in [-0.2, -0.15) is 0 Å². The fourth-order valence-electron chi connectivity index (χ4n) is 4.97. The van der Waals surface area contributed by atoms with Crippen LogP contribution in [0, 0.1) is 0 Å². The zero-order chi connectivity index (χ0) is 23.2. The van der Waals surface area contributed by atoms with Crippen LogP contribution >= 0.6 is 12.2 Å². The number of aromatic nitrogens is 2. The van der Waals surface area contributed by atoms with Crippen LogP contribution in [0.4, 0.5) is 5.69 Å². The van der Waals surface area contributed by atoms with E-state index in [0.717, 1.165) is 16.5 Å². The molecule has 2 aliphatic rings. The lowest BCUT2D eigenvalue weighted by molar-refractivity contribution is 0.308. The van der Waals surface area contributed by atoms with Crippen molar-refractivity contribution >= 4 is 28.6 Å². The van der Waals surface area contributed by atoms with E-state index in [0.29, 0.717) is 6.54 Å². The Morgan fingerprint density at radius 3 is 2.48 bits per heavy atom. The zero-order valence-electron chi connectivity index (χ0n) is 19.5. The summed E-state index contributed by atoms with van der Waals surface area (Å²) in [5, 5.41) is 4.27. The molecule has 2 unspecified atom stereocenters. The summed E-state index contributed by atoms with van der Waals surface area (Å²) in [4.78, 5) is 13.8. The number of hydrogen-bond acceptors (Lipinski definition) is 4. The molecule has 1 aromatic carbocycles. The van der Waals surface area contributed by atoms with E-state index >= 15 is 0 Å². The minimum Gasteiger partial charge on any atom is -0.366 e. The first kappa shape index (κ1) is 21.6. The molecule has 3 aromatic rings. The minimum atomic E-state index is -0.0393. The Kier molecular flexibility index (Phi) is 5.41. The van der Waals surface area contributed by atoms with E-state index < -0.39 is 0 Å². The van der Waals surface area contributed by atoms with Crippen molar-refractivity contribution in [2.75, 3.05) is 11.9 Å². The highest BCUT2D eigenvalue weighted by Crippen LogP contribution is 2.43. The number of pyridine rings is 2. The molecule has 5 rings (SSSR count). The SMILES string of the molecule is CC1=CC(C)(C)N(C)c2ccc(C3C(c4ccccn4)NC(=S)N3Cc3ccccn3)cc21. The summed E-state index contributed by atoms with van der Waals surface area (Å²) in [6, 6.07) is 18.8. The molecule has 6 heteroatoms. The Morgan fingerprint density at radius 2 is 1.79 bits per heavy atom. The number of thiocarbonyl (C=S) groups is 1. The molecule has 0 bridgehead atoms. The Hall–Kier alpha value is -3.25. The molecule has 5 nitrogen and oxygen atoms in total. The first-order valence-corrected chi connectivity index (χ1v) is 11.7. The van der Waals surface area contributed by atoms with Crippen molar-refractivity contribution in [3.05, 3.63) is 95.6 Å². The number of nitrogens with zero attached hydrogens (tertiary/aromatic N) is 4. The van der Waals surface area contributed by atoms with Crippen LogP contribution in [0.1, 0.15) is 55.4 Å². The second kappa shape index (κ2) is 8.27. The van der Waals surface area contributed by atoms with E-state index in [1.165, 1.54) is 22.4 Å². The van der Waals surface area contributed by atoms with Gasteiger partial charge in [-0.1, -0.05) is 24.3 Å². The highest BCUT2D eigenvalue weighted by molar-refractivity contribution is 7.80. The molecule has 0 amide bonds. The van der Waals surface area contributed by atoms with Gasteiger partial charge in [-0.25, -0.2) is 0 Å². The van der Waals surface area contributed by atoms with E-state index in [2.05, 4.69) is 83.2 Å². The van der Waals surface area contributed by atoms with E-state index in [1.54, 1.807) is 0 Å². The molecule has 0 saturated carbocycles. The summed E-state index contributed by atoms with van der Waals surface area (Å²) in [6.07, 6.45) is 6.02. The number of rotatable bonds is 4. The fourth-order valence-corrected chi connectivity index (χ4v) is 5.27. The molecule has 1 fully saturated rings. The molecule has 0 spiro atoms. The second-order valence-electron chi connectivity index (χ2n) is 9.39. The predicted octanol–water partition coefficient (Wildman–Crippen LogP) is 5.28. The first-order valence-electron chi connectivity index (χ1n) is 11.3. The second-order valence-corrected chi connectivity index (χ2v) is 9.78. The molecule has 0 radical (unpaired) electrons. The van der Waals surface area contributed by atoms with E-state index in [4.69, 9.17) is 12.2 Å². The molecular formula is C27H29N5S. The molecule has 168 valence electrons. The molecule has 4 heterocycles. The van der Waals surface area contributed by atoms with Gasteiger partial charge in [-0.05, 0) is 80.5 Å². The molecule has 33 heavy (non-hydrogen) atoms. The van der Waals surface area contributed by atoms with E-state index in [9.17, 15) is 0 Å². The number of likely N-dealkylation sites (N-methyl/N-ethyl adjacent to an activating group) is 1. The first-order chi connectivity index (χ1) is 15.8. The van der Waals surface area contributed by atoms with Gasteiger partial charge in [0.2, 0.25) is 0 Å². The average molecular weight is 456 g/mol. The van der Waals surface area contributed by atoms with Crippen LogP contribution in [0.3, 0.4) is 0 Å². The number of nitrogens with one attached hydrogen (secondary N) is 1. The van der Waals surface area contributed by atoms with Gasteiger partial charge < -0.3 is 15.1 Å². The average Bonchev–Trinajstić information content (AvgIpc) is 3.14. The normalized spacial score (nSPS) is 21.5. The summed E-state index contributed by atoms with van der Waals surface area (Å²) in [5.41, 5.74) is 6.99. The van der Waals surface area contributed by atoms with Crippen molar-refractivity contribution < 1.29 is 0 Å². The number of allylic oxidation sites excluding steroid dienone is 1. The van der Waals surface area contributed by atoms with Crippen molar-refractivity contribution in [3.63, 3.8) is 0 Å². The van der Waals surface area contributed by atoms with Gasteiger partial charge in [0.1, 0.15) is 0 Å². The zero-order valence-corrected chi connectivity index (χ0v) is 20.3. The quantitative estimate of drug-likeness (QED) is 0.540. The summed E-state index contributed by atoms with van der Waals surface area (Å²) >= 11 is 5.83. The van der Waals surface area contributed by atoms with Crippen LogP contribution in [0.15, 0.2) is 73.1 Å². The molecule has 1 saturated heterocycles. The number of hydrogen-bond donors (Lipinski definition) is 1. The van der Waals surface area contributed by atoms with Crippen LogP contribution in [0.5, 0.6) is 0 Å². The van der Waals surface area contributed by atoms with Crippen molar-refractivity contribution in [1.82, 2.24) is 20.2 Å². The maximum Gasteiger partial charge on any atom is 0.170 e. The van der Waals surface area contributed by atoms with Crippen LogP contribution in [0.2, 0.25) is 0 Å². The summed E-state index contributed by atoms with van der Waals surface area (Å²) < 4.78 is 0. The van der Waals surface area contributed by atoms with Gasteiger partial charge in [-0.15, -0.1) is 0 Å². The highest BCUT2D eigenvalue weighted by Gasteiger charge is 2.40. The third-order valence-corrected chi connectivity index (χ3v) is 7.19. The van der Waals surface area contributed by atoms with Gasteiger partial charge in [0.15, 0.2) is 5.11 Å². The Labute approximate surface area is 201 Å². The topological polar surface area (TPSA) is 44.3 Å². The lowest BCUT2D eigenvalue weighted by atomic mass is 9.86. The van der Waals surface area contributed by atoms with Gasteiger partial charge in [0.25, 0.3) is 0 Å². The van der Waals surface area contributed by atoms with Crippen molar-refractivity contribution in [2.45, 2.75) is 44.9 Å². The summed E-state index contributed by atoms with van der Waals surface area (Å²) in [5.74, 6) is 0. The van der Waals surface area contributed by atoms with Gasteiger partial charge in [0, 0.05) is 30.7 Å². The maximum atomic E-state index is 5.83. The van der Waals surface area contributed by atoms with Crippen molar-refractivity contribution in [1.29, 1.82) is 0 Å². The largest absolute Gasteiger partial charge is 0.366 e. The molecule has 1 N–H and O–H groups in total. The van der Waals surface area contributed by atoms with E-state index in [-0.39, 0.29) is 17.6 Å². The number of benzene rings is 1. The standard InChI is InChI=1S/C27H29N5S/c1-18-16-27(2,3)31(4)23-12-11-19(15-21(18)23)25-24(22-10-6-8-14-29-22)30-26(33)32(25)17-20-9-5-7-13-28-20/h5-16,24-25H,17H2,1-4H3,(H,30,33). The number of anilines is 1. The van der Waals surface area contributed by atoms with E-state index in [1.807, 2.05) is 42.7 Å². The number of fused-ring (bicyclic) bond motifs is 1. The monoisotopic (exact) mass is 455 g/mol. The van der Waals surface area contributed by atoms with Gasteiger partial charge in [0.05, 0.1) is 35.6 Å². The lowest BCUT2D eigenvalue weighted by Gasteiger charge is -2.41. The Morgan fingerprint density at radius 1 is 1.03 bits per heavy atom. The highest BCUT2D eigenvalue weighted by atomic mass is 32.1. The molecule has 2 aromatic heterocycles. The van der Waals surface area contributed by atoms with Gasteiger partial charge >= 0.3 is 0 Å². The van der Waals surface area contributed by atoms with Crippen molar-refractivity contribution in [2.24, 2.45) is 0 Å². The van der Waals surface area contributed by atoms with Crippen molar-refractivity contribution in [3.8, 4) is 0 Å². The molecule has 0 aliphatic carbocycles. The summed E-state index contributed by atoms with van der Waals surface area (Å²) in [6.45, 7) is 7.34. The maximum absolute atomic E-state index is 5.83. The molecule has 2 aliphatic heterocycles. The minimum absolute atomic E-state index is 0.00717. The van der Waals surface area contributed by atoms with Crippen LogP contribution in [-0.2, 0) is 6.54 Å². The lowest BCUT2D eigenvalue weighted by Crippen LogP contribution is -2.42. The fraction of sp³-hybridized carbons (Fsp3) is 0.296. The Bertz CT molecular complexity index is 1210. The molecule has 2 atom stereocenters. The van der Waals surface area contributed by atoms with Crippen LogP contribution < -0.4 is 10.2 Å².